The summed E-state index contributed by atoms with van der Waals surface area (Å²) in [6, 6.07) is 0. The average Bonchev–Trinajstić information content (AvgIpc) is 2.28. The summed E-state index contributed by atoms with van der Waals surface area (Å²) in [4.78, 5) is 7.78. The SMILES string of the molecule is CCc1ncnc(NCC(C)CNC)c1F. The van der Waals surface area contributed by atoms with Gasteiger partial charge in [-0.05, 0) is 25.9 Å². The quantitative estimate of drug-likeness (QED) is 0.770. The average molecular weight is 226 g/mol. The second-order valence-electron chi connectivity index (χ2n) is 3.88. The van der Waals surface area contributed by atoms with Crippen LogP contribution in [0.2, 0.25) is 0 Å². The van der Waals surface area contributed by atoms with Crippen molar-refractivity contribution in [1.29, 1.82) is 0 Å². The van der Waals surface area contributed by atoms with Crippen LogP contribution >= 0.6 is 0 Å². The first-order valence-electron chi connectivity index (χ1n) is 5.56. The van der Waals surface area contributed by atoms with E-state index in [1.54, 1.807) is 0 Å². The number of hydrogen-bond acceptors (Lipinski definition) is 4. The summed E-state index contributed by atoms with van der Waals surface area (Å²) in [5.41, 5.74) is 0.457. The molecule has 0 aliphatic carbocycles. The molecule has 0 radical (unpaired) electrons. The molecule has 4 nitrogen and oxygen atoms in total. The van der Waals surface area contributed by atoms with Crippen LogP contribution < -0.4 is 10.6 Å². The maximum atomic E-state index is 13.7. The van der Waals surface area contributed by atoms with Crippen molar-refractivity contribution in [2.75, 3.05) is 25.5 Å². The summed E-state index contributed by atoms with van der Waals surface area (Å²) in [5, 5.41) is 6.08. The fourth-order valence-corrected chi connectivity index (χ4v) is 1.47. The van der Waals surface area contributed by atoms with Crippen molar-refractivity contribution in [3.63, 3.8) is 0 Å². The maximum absolute atomic E-state index is 13.7. The minimum Gasteiger partial charge on any atom is -0.367 e. The van der Waals surface area contributed by atoms with Gasteiger partial charge in [0.15, 0.2) is 11.6 Å². The predicted molar refractivity (Wildman–Crippen MR) is 62.9 cm³/mol. The maximum Gasteiger partial charge on any atom is 0.186 e. The van der Waals surface area contributed by atoms with Gasteiger partial charge >= 0.3 is 0 Å². The molecule has 0 bridgehead atoms. The van der Waals surface area contributed by atoms with Gasteiger partial charge in [-0.25, -0.2) is 14.4 Å². The normalized spacial score (nSPS) is 12.5. The summed E-state index contributed by atoms with van der Waals surface area (Å²) in [6.45, 7) is 5.54. The van der Waals surface area contributed by atoms with E-state index in [9.17, 15) is 4.39 Å². The molecule has 1 aromatic heterocycles. The first-order chi connectivity index (χ1) is 7.69. The number of nitrogens with zero attached hydrogens (tertiary/aromatic N) is 2. The zero-order valence-corrected chi connectivity index (χ0v) is 10.0. The molecule has 1 atom stereocenters. The van der Waals surface area contributed by atoms with Gasteiger partial charge < -0.3 is 10.6 Å². The Morgan fingerprint density at radius 1 is 1.38 bits per heavy atom. The van der Waals surface area contributed by atoms with E-state index < -0.39 is 0 Å². The molecule has 0 aliphatic heterocycles. The highest BCUT2D eigenvalue weighted by molar-refractivity contribution is 5.37. The Labute approximate surface area is 95.7 Å². The summed E-state index contributed by atoms with van der Waals surface area (Å²) < 4.78 is 13.7. The Bertz CT molecular complexity index is 330. The molecule has 1 aromatic rings. The Kier molecular flexibility index (Phi) is 5.11. The smallest absolute Gasteiger partial charge is 0.186 e. The lowest BCUT2D eigenvalue weighted by Crippen LogP contribution is -2.23. The molecule has 90 valence electrons. The van der Waals surface area contributed by atoms with Gasteiger partial charge in [-0.1, -0.05) is 13.8 Å². The van der Waals surface area contributed by atoms with Gasteiger partial charge in [0.2, 0.25) is 0 Å². The fraction of sp³-hybridized carbons (Fsp3) is 0.636. The number of nitrogens with one attached hydrogen (secondary N) is 2. The van der Waals surface area contributed by atoms with Crippen LogP contribution in [0.4, 0.5) is 10.2 Å². The van der Waals surface area contributed by atoms with E-state index in [1.165, 1.54) is 6.33 Å². The molecule has 0 saturated carbocycles. The number of halogens is 1. The van der Waals surface area contributed by atoms with Crippen molar-refractivity contribution in [1.82, 2.24) is 15.3 Å². The molecule has 0 saturated heterocycles. The van der Waals surface area contributed by atoms with E-state index >= 15 is 0 Å². The van der Waals surface area contributed by atoms with E-state index in [0.717, 1.165) is 6.54 Å². The third-order valence-electron chi connectivity index (χ3n) is 2.37. The Hall–Kier alpha value is -1.23. The van der Waals surface area contributed by atoms with Crippen LogP contribution in [0.25, 0.3) is 0 Å². The molecule has 2 N–H and O–H groups in total. The zero-order valence-electron chi connectivity index (χ0n) is 10.0. The van der Waals surface area contributed by atoms with E-state index in [0.29, 0.717) is 30.4 Å². The minimum absolute atomic E-state index is 0.301. The van der Waals surface area contributed by atoms with Crippen molar-refractivity contribution in [3.8, 4) is 0 Å². The van der Waals surface area contributed by atoms with Gasteiger partial charge in [0.05, 0.1) is 5.69 Å². The van der Waals surface area contributed by atoms with Crippen molar-refractivity contribution in [3.05, 3.63) is 17.8 Å². The second-order valence-corrected chi connectivity index (χ2v) is 3.88. The summed E-state index contributed by atoms with van der Waals surface area (Å²) in [5.74, 6) is 0.390. The van der Waals surface area contributed by atoms with Crippen LogP contribution in [0, 0.1) is 11.7 Å². The molecule has 0 spiro atoms. The highest BCUT2D eigenvalue weighted by atomic mass is 19.1. The Morgan fingerprint density at radius 2 is 2.12 bits per heavy atom. The van der Waals surface area contributed by atoms with E-state index in [2.05, 4.69) is 27.5 Å². The van der Waals surface area contributed by atoms with Crippen LogP contribution in [-0.2, 0) is 6.42 Å². The van der Waals surface area contributed by atoms with Crippen molar-refractivity contribution in [2.24, 2.45) is 5.92 Å². The third kappa shape index (κ3) is 3.41. The monoisotopic (exact) mass is 226 g/mol. The molecule has 5 heteroatoms. The van der Waals surface area contributed by atoms with E-state index in [-0.39, 0.29) is 5.82 Å². The number of rotatable bonds is 6. The molecule has 0 aromatic carbocycles. The molecular formula is C11H19FN4. The van der Waals surface area contributed by atoms with Crippen LogP contribution in [0.1, 0.15) is 19.5 Å². The van der Waals surface area contributed by atoms with Gasteiger partial charge in [0.25, 0.3) is 0 Å². The fourth-order valence-electron chi connectivity index (χ4n) is 1.47. The third-order valence-corrected chi connectivity index (χ3v) is 2.37. The summed E-state index contributed by atoms with van der Waals surface area (Å²) in [6.07, 6.45) is 1.97. The zero-order chi connectivity index (χ0) is 12.0. The highest BCUT2D eigenvalue weighted by Gasteiger charge is 2.10. The van der Waals surface area contributed by atoms with Crippen LogP contribution in [0.5, 0.6) is 0 Å². The molecule has 1 rings (SSSR count). The molecule has 1 heterocycles. The number of anilines is 1. The summed E-state index contributed by atoms with van der Waals surface area (Å²) >= 11 is 0. The molecule has 1 unspecified atom stereocenters. The Morgan fingerprint density at radius 3 is 2.75 bits per heavy atom. The van der Waals surface area contributed by atoms with E-state index in [1.807, 2.05) is 14.0 Å². The van der Waals surface area contributed by atoms with Crippen LogP contribution in [0.15, 0.2) is 6.33 Å². The first kappa shape index (κ1) is 12.8. The molecule has 16 heavy (non-hydrogen) atoms. The van der Waals surface area contributed by atoms with E-state index in [4.69, 9.17) is 0 Å². The minimum atomic E-state index is -0.332. The summed E-state index contributed by atoms with van der Waals surface area (Å²) in [7, 11) is 1.90. The van der Waals surface area contributed by atoms with Crippen molar-refractivity contribution < 1.29 is 4.39 Å². The Balaban J connectivity index is 2.60. The van der Waals surface area contributed by atoms with Crippen molar-refractivity contribution >= 4 is 5.82 Å². The van der Waals surface area contributed by atoms with Gasteiger partial charge in [0, 0.05) is 6.54 Å². The largest absolute Gasteiger partial charge is 0.367 e. The second kappa shape index (κ2) is 6.37. The lowest BCUT2D eigenvalue weighted by Gasteiger charge is -2.13. The predicted octanol–water partition coefficient (Wildman–Crippen LogP) is 1.45. The molecule has 0 fully saturated rings. The number of aryl methyl sites for hydroxylation is 1. The van der Waals surface area contributed by atoms with Gasteiger partial charge in [0.1, 0.15) is 6.33 Å². The van der Waals surface area contributed by atoms with Gasteiger partial charge in [-0.2, -0.15) is 0 Å². The van der Waals surface area contributed by atoms with Crippen LogP contribution in [0.3, 0.4) is 0 Å². The highest BCUT2D eigenvalue weighted by Crippen LogP contribution is 2.13. The molecular weight excluding hydrogens is 207 g/mol. The lowest BCUT2D eigenvalue weighted by molar-refractivity contribution is 0.559. The standard InChI is InChI=1S/C11H19FN4/c1-4-9-10(12)11(16-7-15-9)14-6-8(2)5-13-3/h7-8,13H,4-6H2,1-3H3,(H,14,15,16). The topological polar surface area (TPSA) is 49.8 Å². The lowest BCUT2D eigenvalue weighted by atomic mass is 10.2. The van der Waals surface area contributed by atoms with Gasteiger partial charge in [-0.3, -0.25) is 0 Å². The van der Waals surface area contributed by atoms with Crippen LogP contribution in [-0.4, -0.2) is 30.1 Å². The first-order valence-corrected chi connectivity index (χ1v) is 5.56. The number of hydrogen-bond donors (Lipinski definition) is 2. The molecule has 0 aliphatic rings. The number of aromatic nitrogens is 2. The molecule has 0 amide bonds. The van der Waals surface area contributed by atoms with Gasteiger partial charge in [-0.15, -0.1) is 0 Å². The van der Waals surface area contributed by atoms with Crippen molar-refractivity contribution in [2.45, 2.75) is 20.3 Å².